The summed E-state index contributed by atoms with van der Waals surface area (Å²) in [7, 11) is 6.44. The van der Waals surface area contributed by atoms with Crippen LogP contribution in [0.3, 0.4) is 0 Å². The molecule has 0 saturated heterocycles. The van der Waals surface area contributed by atoms with Crippen molar-refractivity contribution in [3.05, 3.63) is 0 Å². The largest absolute Gasteiger partial charge is 0.315 e. The number of rotatable bonds is 6. The standard InChI is InChI=1S/C11H26N2/c1-7-10(12-4)11(8-2,9-3)13(5)6/h10,12H,7-9H2,1-6H3. The van der Waals surface area contributed by atoms with Crippen LogP contribution in [-0.2, 0) is 0 Å². The summed E-state index contributed by atoms with van der Waals surface area (Å²) in [4.78, 5) is 2.37. The second-order valence-corrected chi connectivity index (χ2v) is 3.95. The van der Waals surface area contributed by atoms with Crippen molar-refractivity contribution in [2.75, 3.05) is 21.1 Å². The molecular weight excluding hydrogens is 160 g/mol. The van der Waals surface area contributed by atoms with Crippen LogP contribution in [0.15, 0.2) is 0 Å². The smallest absolute Gasteiger partial charge is 0.0350 e. The van der Waals surface area contributed by atoms with Gasteiger partial charge in [-0.15, -0.1) is 0 Å². The van der Waals surface area contributed by atoms with Gasteiger partial charge in [0.2, 0.25) is 0 Å². The van der Waals surface area contributed by atoms with Crippen LogP contribution >= 0.6 is 0 Å². The molecule has 0 spiro atoms. The summed E-state index contributed by atoms with van der Waals surface area (Å²) in [5, 5.41) is 3.43. The van der Waals surface area contributed by atoms with Gasteiger partial charge in [0, 0.05) is 11.6 Å². The molecule has 2 nitrogen and oxygen atoms in total. The van der Waals surface area contributed by atoms with Gasteiger partial charge in [0.25, 0.3) is 0 Å². The van der Waals surface area contributed by atoms with Crippen LogP contribution in [0.25, 0.3) is 0 Å². The van der Waals surface area contributed by atoms with Crippen molar-refractivity contribution >= 4 is 0 Å². The number of hydrogen-bond donors (Lipinski definition) is 1. The van der Waals surface area contributed by atoms with E-state index < -0.39 is 0 Å². The molecule has 1 N–H and O–H groups in total. The minimum Gasteiger partial charge on any atom is -0.315 e. The Labute approximate surface area is 83.7 Å². The molecule has 0 radical (unpaired) electrons. The van der Waals surface area contributed by atoms with Gasteiger partial charge >= 0.3 is 0 Å². The fourth-order valence-corrected chi connectivity index (χ4v) is 2.54. The van der Waals surface area contributed by atoms with Gasteiger partial charge in [-0.2, -0.15) is 0 Å². The first kappa shape index (κ1) is 12.9. The number of hydrogen-bond acceptors (Lipinski definition) is 2. The van der Waals surface area contributed by atoms with Crippen LogP contribution < -0.4 is 5.32 Å². The van der Waals surface area contributed by atoms with E-state index in [4.69, 9.17) is 0 Å². The summed E-state index contributed by atoms with van der Waals surface area (Å²) < 4.78 is 0. The van der Waals surface area contributed by atoms with Gasteiger partial charge in [-0.1, -0.05) is 20.8 Å². The van der Waals surface area contributed by atoms with E-state index in [0.29, 0.717) is 11.6 Å². The molecule has 1 unspecified atom stereocenters. The molecule has 0 amide bonds. The summed E-state index contributed by atoms with van der Waals surface area (Å²) in [6, 6.07) is 0.595. The predicted octanol–water partition coefficient (Wildman–Crippen LogP) is 2.10. The molecule has 0 aliphatic carbocycles. The maximum absolute atomic E-state index is 3.43. The highest BCUT2D eigenvalue weighted by Gasteiger charge is 2.35. The lowest BCUT2D eigenvalue weighted by Gasteiger charge is -2.45. The third-order valence-electron chi connectivity index (χ3n) is 3.52. The highest BCUT2D eigenvalue weighted by atomic mass is 15.2. The van der Waals surface area contributed by atoms with Crippen molar-refractivity contribution in [2.24, 2.45) is 0 Å². The average Bonchev–Trinajstić information content (AvgIpc) is 2.13. The van der Waals surface area contributed by atoms with Crippen molar-refractivity contribution in [3.63, 3.8) is 0 Å². The van der Waals surface area contributed by atoms with E-state index in [0.717, 1.165) is 0 Å². The lowest BCUT2D eigenvalue weighted by molar-refractivity contribution is 0.0900. The molecule has 13 heavy (non-hydrogen) atoms. The van der Waals surface area contributed by atoms with E-state index >= 15 is 0 Å². The van der Waals surface area contributed by atoms with Crippen molar-refractivity contribution in [1.82, 2.24) is 10.2 Å². The minimum atomic E-state index is 0.323. The van der Waals surface area contributed by atoms with Crippen molar-refractivity contribution in [1.29, 1.82) is 0 Å². The molecular formula is C11H26N2. The first-order valence-corrected chi connectivity index (χ1v) is 5.43. The Morgan fingerprint density at radius 3 is 1.69 bits per heavy atom. The summed E-state index contributed by atoms with van der Waals surface area (Å²) in [6.07, 6.45) is 3.60. The monoisotopic (exact) mass is 186 g/mol. The lowest BCUT2D eigenvalue weighted by Crippen LogP contribution is -2.57. The number of nitrogens with one attached hydrogen (secondary N) is 1. The molecule has 1 atom stereocenters. The molecule has 0 aromatic rings. The van der Waals surface area contributed by atoms with Gasteiger partial charge in [0.1, 0.15) is 0 Å². The third kappa shape index (κ3) is 2.44. The second kappa shape index (κ2) is 5.61. The van der Waals surface area contributed by atoms with Gasteiger partial charge < -0.3 is 10.2 Å². The fraction of sp³-hybridized carbons (Fsp3) is 1.00. The molecule has 0 heterocycles. The second-order valence-electron chi connectivity index (χ2n) is 3.95. The molecule has 0 aromatic heterocycles. The maximum Gasteiger partial charge on any atom is 0.0350 e. The Morgan fingerprint density at radius 1 is 1.15 bits per heavy atom. The molecule has 0 aromatic carbocycles. The Hall–Kier alpha value is -0.0800. The first-order valence-electron chi connectivity index (χ1n) is 5.43. The van der Waals surface area contributed by atoms with Crippen molar-refractivity contribution in [3.8, 4) is 0 Å². The summed E-state index contributed by atoms with van der Waals surface area (Å²) >= 11 is 0. The van der Waals surface area contributed by atoms with Gasteiger partial charge in [0.15, 0.2) is 0 Å². The Morgan fingerprint density at radius 2 is 1.62 bits per heavy atom. The fourth-order valence-electron chi connectivity index (χ4n) is 2.54. The molecule has 80 valence electrons. The SMILES string of the molecule is CCC(NC)C(CC)(CC)N(C)C. The van der Waals surface area contributed by atoms with Crippen LogP contribution in [0.2, 0.25) is 0 Å². The van der Waals surface area contributed by atoms with E-state index in [-0.39, 0.29) is 0 Å². The van der Waals surface area contributed by atoms with Gasteiger partial charge in [-0.3, -0.25) is 0 Å². The zero-order chi connectivity index (χ0) is 10.5. The Bertz CT molecular complexity index is 124. The minimum absolute atomic E-state index is 0.323. The van der Waals surface area contributed by atoms with Crippen LogP contribution in [0, 0.1) is 0 Å². The van der Waals surface area contributed by atoms with Crippen LogP contribution in [0.4, 0.5) is 0 Å². The van der Waals surface area contributed by atoms with Crippen molar-refractivity contribution < 1.29 is 0 Å². The Balaban J connectivity index is 4.71. The maximum atomic E-state index is 3.43. The predicted molar refractivity (Wildman–Crippen MR) is 60.1 cm³/mol. The number of nitrogens with zero attached hydrogens (tertiary/aromatic N) is 1. The van der Waals surface area contributed by atoms with Crippen LogP contribution in [0.5, 0.6) is 0 Å². The molecule has 0 fully saturated rings. The summed E-state index contributed by atoms with van der Waals surface area (Å²) in [5.41, 5.74) is 0.323. The van der Waals surface area contributed by atoms with E-state index in [1.165, 1.54) is 19.3 Å². The highest BCUT2D eigenvalue weighted by molar-refractivity contribution is 4.95. The summed E-state index contributed by atoms with van der Waals surface area (Å²) in [5.74, 6) is 0. The molecule has 0 aliphatic rings. The van der Waals surface area contributed by atoms with E-state index in [1.54, 1.807) is 0 Å². The molecule has 0 bridgehead atoms. The van der Waals surface area contributed by atoms with Gasteiger partial charge in [0.05, 0.1) is 0 Å². The van der Waals surface area contributed by atoms with Crippen LogP contribution in [-0.4, -0.2) is 37.6 Å². The number of likely N-dealkylation sites (N-methyl/N-ethyl adjacent to an activating group) is 2. The Kier molecular flexibility index (Phi) is 5.57. The third-order valence-corrected chi connectivity index (χ3v) is 3.52. The summed E-state index contributed by atoms with van der Waals surface area (Å²) in [6.45, 7) is 6.82. The molecule has 0 rings (SSSR count). The van der Waals surface area contributed by atoms with Crippen molar-refractivity contribution in [2.45, 2.75) is 51.6 Å². The highest BCUT2D eigenvalue weighted by Crippen LogP contribution is 2.27. The first-order chi connectivity index (χ1) is 6.08. The van der Waals surface area contributed by atoms with Gasteiger partial charge in [-0.25, -0.2) is 0 Å². The normalized spacial score (nSPS) is 15.0. The topological polar surface area (TPSA) is 15.3 Å². The van der Waals surface area contributed by atoms with E-state index in [9.17, 15) is 0 Å². The molecule has 0 saturated carbocycles. The van der Waals surface area contributed by atoms with E-state index in [2.05, 4.69) is 52.1 Å². The zero-order valence-electron chi connectivity index (χ0n) is 10.1. The average molecular weight is 186 g/mol. The quantitative estimate of drug-likeness (QED) is 0.683. The lowest BCUT2D eigenvalue weighted by atomic mass is 9.82. The van der Waals surface area contributed by atoms with Gasteiger partial charge in [-0.05, 0) is 40.4 Å². The molecule has 2 heteroatoms. The van der Waals surface area contributed by atoms with Crippen LogP contribution in [0.1, 0.15) is 40.0 Å². The molecule has 0 aliphatic heterocycles. The van der Waals surface area contributed by atoms with E-state index in [1.807, 2.05) is 0 Å². The zero-order valence-corrected chi connectivity index (χ0v) is 10.1.